The first kappa shape index (κ1) is 26.7. The van der Waals surface area contributed by atoms with Crippen LogP contribution in [0.5, 0.6) is 5.75 Å². The van der Waals surface area contributed by atoms with Crippen LogP contribution in [-0.2, 0) is 6.54 Å². The number of hydrogen-bond acceptors (Lipinski definition) is 4. The molecule has 2 aromatic heterocycles. The lowest BCUT2D eigenvalue weighted by Crippen LogP contribution is -2.36. The summed E-state index contributed by atoms with van der Waals surface area (Å²) >= 11 is 10.0. The lowest BCUT2D eigenvalue weighted by atomic mass is 10.0. The van der Waals surface area contributed by atoms with Crippen molar-refractivity contribution >= 4 is 39.1 Å². The van der Waals surface area contributed by atoms with E-state index in [2.05, 4.69) is 15.9 Å². The van der Waals surface area contributed by atoms with E-state index < -0.39 is 23.3 Å². The first-order chi connectivity index (χ1) is 18.6. The van der Waals surface area contributed by atoms with Gasteiger partial charge in [0.15, 0.2) is 0 Å². The molecule has 0 spiro atoms. The molecule has 4 aromatic rings. The Morgan fingerprint density at radius 1 is 1.13 bits per heavy atom. The number of benzene rings is 2. The van der Waals surface area contributed by atoms with Crippen LogP contribution in [0, 0.1) is 17.1 Å². The van der Waals surface area contributed by atoms with Gasteiger partial charge < -0.3 is 13.9 Å². The molecule has 0 radical (unpaired) electrons. The second-order valence-corrected chi connectivity index (χ2v) is 10.7. The van der Waals surface area contributed by atoms with Gasteiger partial charge in [0.1, 0.15) is 29.4 Å². The molecule has 0 fully saturated rings. The number of ether oxygens (including phenoxy) is 1. The number of methoxy groups -OCH3 is 1. The molecule has 1 aliphatic rings. The molecule has 1 aliphatic heterocycles. The first-order valence-electron chi connectivity index (χ1n) is 12.1. The van der Waals surface area contributed by atoms with E-state index in [4.69, 9.17) is 16.3 Å². The summed E-state index contributed by atoms with van der Waals surface area (Å²) < 4.78 is 24.1. The molecule has 0 bridgehead atoms. The van der Waals surface area contributed by atoms with Gasteiger partial charge in [-0.25, -0.2) is 4.39 Å². The molecule has 198 valence electrons. The molecule has 2 aromatic carbocycles. The fourth-order valence-corrected chi connectivity index (χ4v) is 6.05. The largest absolute Gasteiger partial charge is 0.497 e. The van der Waals surface area contributed by atoms with Gasteiger partial charge >= 0.3 is 0 Å². The number of carbonyl (C=O) groups excluding carboxylic acids is 1. The summed E-state index contributed by atoms with van der Waals surface area (Å²) in [7, 11) is 1.57. The molecule has 0 saturated heterocycles. The molecule has 5 rings (SSSR count). The quantitative estimate of drug-likeness (QED) is 0.251. The van der Waals surface area contributed by atoms with E-state index in [1.54, 1.807) is 31.4 Å². The number of nitrogens with zero attached hydrogens (tertiary/aromatic N) is 4. The van der Waals surface area contributed by atoms with Gasteiger partial charge in [-0.2, -0.15) is 5.26 Å². The number of hydrogen-bond donors (Lipinski definition) is 0. The number of carbonyl (C=O) groups is 1. The van der Waals surface area contributed by atoms with Crippen LogP contribution in [0.2, 0.25) is 5.02 Å². The summed E-state index contributed by atoms with van der Waals surface area (Å²) in [5, 5.41) is 9.51. The lowest BCUT2D eigenvalue weighted by Gasteiger charge is -2.28. The molecule has 10 heteroatoms. The maximum atomic E-state index is 14.8. The number of rotatable bonds is 6. The number of pyridine rings is 1. The van der Waals surface area contributed by atoms with Gasteiger partial charge in [0.05, 0.1) is 40.1 Å². The van der Waals surface area contributed by atoms with Crippen molar-refractivity contribution < 1.29 is 13.9 Å². The molecule has 0 saturated carbocycles. The fraction of sp³-hybridized carbons (Fsp3) is 0.207. The molecular formula is C29H23BrClFN4O3. The van der Waals surface area contributed by atoms with Crippen molar-refractivity contribution in [2.45, 2.75) is 32.5 Å². The molecule has 7 nitrogen and oxygen atoms in total. The van der Waals surface area contributed by atoms with Crippen molar-refractivity contribution in [1.29, 1.82) is 5.26 Å². The van der Waals surface area contributed by atoms with Crippen LogP contribution in [0.25, 0.3) is 0 Å². The minimum atomic E-state index is -0.830. The summed E-state index contributed by atoms with van der Waals surface area (Å²) in [6, 6.07) is 15.6. The highest BCUT2D eigenvalue weighted by Crippen LogP contribution is 2.45. The Bertz CT molecular complexity index is 1710. The highest BCUT2D eigenvalue weighted by molar-refractivity contribution is 9.10. The second-order valence-electron chi connectivity index (χ2n) is 9.48. The van der Waals surface area contributed by atoms with Crippen LogP contribution in [0.15, 0.2) is 70.2 Å². The van der Waals surface area contributed by atoms with Crippen molar-refractivity contribution in [3.8, 4) is 11.8 Å². The van der Waals surface area contributed by atoms with E-state index in [9.17, 15) is 19.2 Å². The predicted molar refractivity (Wildman–Crippen MR) is 150 cm³/mol. The third-order valence-electron chi connectivity index (χ3n) is 6.75. The summed E-state index contributed by atoms with van der Waals surface area (Å²) in [4.78, 5) is 29.1. The van der Waals surface area contributed by atoms with Gasteiger partial charge in [0, 0.05) is 12.2 Å². The van der Waals surface area contributed by atoms with Crippen molar-refractivity contribution in [2.24, 2.45) is 0 Å². The molecule has 1 atom stereocenters. The van der Waals surface area contributed by atoms with Crippen molar-refractivity contribution in [1.82, 2.24) is 9.13 Å². The lowest BCUT2D eigenvalue weighted by molar-refractivity contribution is 0.0993. The van der Waals surface area contributed by atoms with Gasteiger partial charge in [0.25, 0.3) is 11.5 Å². The SMILES string of the molecule is COc1ccc(Cn2cc(Cl)cc(N3C(=O)c4cc(Br)n(C(C)C)c4C3c3ccc(C#N)c(F)c3)c2=O)cc1. The highest BCUT2D eigenvalue weighted by Gasteiger charge is 2.44. The number of anilines is 1. The zero-order valence-corrected chi connectivity index (χ0v) is 23.6. The van der Waals surface area contributed by atoms with E-state index in [-0.39, 0.29) is 28.9 Å². The summed E-state index contributed by atoms with van der Waals surface area (Å²) in [6.45, 7) is 4.15. The van der Waals surface area contributed by atoms with Crippen LogP contribution in [0.4, 0.5) is 10.1 Å². The van der Waals surface area contributed by atoms with E-state index >= 15 is 0 Å². The number of aromatic nitrogens is 2. The Hall–Kier alpha value is -3.87. The number of amides is 1. The van der Waals surface area contributed by atoms with E-state index in [0.29, 0.717) is 27.2 Å². The normalized spacial score (nSPS) is 14.6. The van der Waals surface area contributed by atoms with Crippen molar-refractivity contribution in [2.75, 3.05) is 12.0 Å². The van der Waals surface area contributed by atoms with Crippen LogP contribution >= 0.6 is 27.5 Å². The Balaban J connectivity index is 1.69. The van der Waals surface area contributed by atoms with E-state index in [1.165, 1.54) is 33.9 Å². The van der Waals surface area contributed by atoms with E-state index in [0.717, 1.165) is 5.56 Å². The van der Waals surface area contributed by atoms with Crippen LogP contribution in [0.1, 0.15) is 58.7 Å². The fourth-order valence-electron chi connectivity index (χ4n) is 5.00. The monoisotopic (exact) mass is 608 g/mol. The zero-order chi connectivity index (χ0) is 28.0. The van der Waals surface area contributed by atoms with Gasteiger partial charge in [-0.05, 0) is 77.3 Å². The third-order valence-corrected chi connectivity index (χ3v) is 7.56. The van der Waals surface area contributed by atoms with Gasteiger partial charge in [0.2, 0.25) is 0 Å². The standard InChI is InChI=1S/C29H23BrClFN4O3/c1-16(2)35-25(30)12-22-27(35)26(18-6-7-19(13-33)23(32)10-18)36(28(22)37)24-11-20(31)15-34(29(24)38)14-17-4-8-21(39-3)9-5-17/h4-12,15-16,26H,14H2,1-3H3. The molecule has 0 N–H and O–H groups in total. The molecule has 0 aliphatic carbocycles. The van der Waals surface area contributed by atoms with Gasteiger partial charge in [-0.1, -0.05) is 29.8 Å². The topological polar surface area (TPSA) is 80.3 Å². The Kier molecular flexibility index (Phi) is 7.10. The van der Waals surface area contributed by atoms with Crippen LogP contribution < -0.4 is 15.2 Å². The highest BCUT2D eigenvalue weighted by atomic mass is 79.9. The molecular weight excluding hydrogens is 587 g/mol. The zero-order valence-electron chi connectivity index (χ0n) is 21.3. The van der Waals surface area contributed by atoms with Gasteiger partial charge in [-0.15, -0.1) is 0 Å². The molecule has 1 amide bonds. The van der Waals surface area contributed by atoms with Gasteiger partial charge in [-0.3, -0.25) is 14.5 Å². The first-order valence-corrected chi connectivity index (χ1v) is 13.3. The summed E-state index contributed by atoms with van der Waals surface area (Å²) in [6.07, 6.45) is 1.52. The smallest absolute Gasteiger partial charge is 0.274 e. The summed E-state index contributed by atoms with van der Waals surface area (Å²) in [5.41, 5.74) is 1.80. The third kappa shape index (κ3) is 4.64. The van der Waals surface area contributed by atoms with Crippen molar-refractivity contribution in [3.05, 3.63) is 115 Å². The maximum absolute atomic E-state index is 14.8. The minimum absolute atomic E-state index is 0.0484. The Morgan fingerprint density at radius 3 is 2.46 bits per heavy atom. The van der Waals surface area contributed by atoms with Crippen LogP contribution in [-0.4, -0.2) is 22.2 Å². The van der Waals surface area contributed by atoms with Crippen LogP contribution in [0.3, 0.4) is 0 Å². The number of halogens is 3. The average molecular weight is 610 g/mol. The molecule has 3 heterocycles. The minimum Gasteiger partial charge on any atom is -0.497 e. The number of fused-ring (bicyclic) bond motifs is 1. The maximum Gasteiger partial charge on any atom is 0.274 e. The van der Waals surface area contributed by atoms with Crippen molar-refractivity contribution in [3.63, 3.8) is 0 Å². The molecule has 1 unspecified atom stereocenters. The Morgan fingerprint density at radius 2 is 1.85 bits per heavy atom. The summed E-state index contributed by atoms with van der Waals surface area (Å²) in [5.74, 6) is -0.427. The second kappa shape index (κ2) is 10.4. The average Bonchev–Trinajstić information content (AvgIpc) is 3.38. The number of nitriles is 1. The Labute approximate surface area is 237 Å². The molecule has 39 heavy (non-hydrogen) atoms. The van der Waals surface area contributed by atoms with E-state index in [1.807, 2.05) is 36.6 Å². The predicted octanol–water partition coefficient (Wildman–Crippen LogP) is 6.46.